The van der Waals surface area contributed by atoms with E-state index < -0.39 is 17.7 Å². The number of rotatable bonds is 12. The minimum Gasteiger partial charge on any atom is -0.507 e. The Hall–Kier alpha value is -3.32. The summed E-state index contributed by atoms with van der Waals surface area (Å²) in [6.45, 7) is 14.2. The third-order valence-corrected chi connectivity index (χ3v) is 7.61. The number of nitrogens with zero attached hydrogens (tertiary/aromatic N) is 2. The van der Waals surface area contributed by atoms with Gasteiger partial charge in [0.15, 0.2) is 0 Å². The van der Waals surface area contributed by atoms with Gasteiger partial charge in [-0.15, -0.1) is 0 Å². The van der Waals surface area contributed by atoms with Gasteiger partial charge < -0.3 is 24.4 Å². The lowest BCUT2D eigenvalue weighted by molar-refractivity contribution is -0.140. The molecule has 2 atom stereocenters. The monoisotopic (exact) mass is 534 g/mol. The van der Waals surface area contributed by atoms with Crippen molar-refractivity contribution in [3.63, 3.8) is 0 Å². The molecule has 0 aromatic heterocycles. The number of hydrogen-bond donors (Lipinski definition) is 1. The fourth-order valence-corrected chi connectivity index (χ4v) is 5.37. The first kappa shape index (κ1) is 28.7. The molecule has 1 amide bonds. The molecule has 2 aliphatic heterocycles. The number of carbonyl (C=O) groups excluding carboxylic acids is 2. The molecule has 39 heavy (non-hydrogen) atoms. The Morgan fingerprint density at radius 3 is 2.64 bits per heavy atom. The summed E-state index contributed by atoms with van der Waals surface area (Å²) in [6.07, 6.45) is 2.45. The van der Waals surface area contributed by atoms with Crippen LogP contribution in [0.4, 0.5) is 0 Å². The van der Waals surface area contributed by atoms with Gasteiger partial charge in [0, 0.05) is 18.5 Å². The van der Waals surface area contributed by atoms with Crippen molar-refractivity contribution < 1.29 is 24.2 Å². The lowest BCUT2D eigenvalue weighted by Gasteiger charge is -2.27. The van der Waals surface area contributed by atoms with Gasteiger partial charge in [0.05, 0.1) is 18.2 Å². The predicted molar refractivity (Wildman–Crippen MR) is 153 cm³/mol. The molecule has 2 aliphatic rings. The maximum atomic E-state index is 13.5. The fourth-order valence-electron chi connectivity index (χ4n) is 5.37. The molecule has 0 unspecified atom stereocenters. The molecule has 7 heteroatoms. The van der Waals surface area contributed by atoms with Crippen molar-refractivity contribution in [3.05, 3.63) is 64.7 Å². The largest absolute Gasteiger partial charge is 0.507 e. The highest BCUT2D eigenvalue weighted by molar-refractivity contribution is 6.46. The molecular weight excluding hydrogens is 492 g/mol. The second kappa shape index (κ2) is 12.7. The maximum Gasteiger partial charge on any atom is 0.295 e. The third-order valence-electron chi connectivity index (χ3n) is 7.61. The summed E-state index contributed by atoms with van der Waals surface area (Å²) in [5.41, 5.74) is 2.37. The van der Waals surface area contributed by atoms with Crippen LogP contribution in [0, 0.1) is 5.92 Å². The molecule has 0 aliphatic carbocycles. The summed E-state index contributed by atoms with van der Waals surface area (Å²) < 4.78 is 11.8. The molecule has 2 aromatic carbocycles. The van der Waals surface area contributed by atoms with Crippen LogP contribution in [0.2, 0.25) is 0 Å². The number of benzene rings is 2. The van der Waals surface area contributed by atoms with E-state index in [1.807, 2.05) is 43.3 Å². The number of carbonyl (C=O) groups is 2. The van der Waals surface area contributed by atoms with E-state index in [4.69, 9.17) is 9.47 Å². The molecule has 0 bridgehead atoms. The van der Waals surface area contributed by atoms with Crippen LogP contribution in [-0.2, 0) is 16.0 Å². The number of aliphatic hydroxyl groups excluding tert-OH is 1. The Labute approximate surface area is 232 Å². The van der Waals surface area contributed by atoms with Crippen LogP contribution in [0.3, 0.4) is 0 Å². The molecule has 1 N–H and O–H groups in total. The Morgan fingerprint density at radius 2 is 1.92 bits per heavy atom. The fraction of sp³-hybridized carbons (Fsp3) is 0.500. The molecule has 0 saturated carbocycles. The predicted octanol–water partition coefficient (Wildman–Crippen LogP) is 5.59. The Bertz CT molecular complexity index is 1220. The zero-order valence-corrected chi connectivity index (χ0v) is 23.9. The van der Waals surface area contributed by atoms with Crippen LogP contribution in [0.25, 0.3) is 5.76 Å². The van der Waals surface area contributed by atoms with Crippen LogP contribution < -0.4 is 9.47 Å². The molecule has 0 radical (unpaired) electrons. The number of ketones is 1. The summed E-state index contributed by atoms with van der Waals surface area (Å²) in [5.74, 6) is 0.607. The van der Waals surface area contributed by atoms with Gasteiger partial charge in [-0.25, -0.2) is 0 Å². The summed E-state index contributed by atoms with van der Waals surface area (Å²) >= 11 is 0. The summed E-state index contributed by atoms with van der Waals surface area (Å²) in [6, 6.07) is 12.3. The zero-order chi connectivity index (χ0) is 28.1. The van der Waals surface area contributed by atoms with Crippen LogP contribution in [0.5, 0.6) is 11.5 Å². The SMILES string of the molecule is CCN(CC)CCCN1C(=O)C(=O)C(=C(O)c2ccc3c(c2)C[C@@H](C)O3)[C@@H]1c1cccc(OCCC(C)C)c1. The molecule has 210 valence electrons. The highest BCUT2D eigenvalue weighted by Crippen LogP contribution is 2.41. The van der Waals surface area contributed by atoms with Gasteiger partial charge in [-0.3, -0.25) is 9.59 Å². The summed E-state index contributed by atoms with van der Waals surface area (Å²) in [4.78, 5) is 30.8. The van der Waals surface area contributed by atoms with E-state index in [1.165, 1.54) is 0 Å². The van der Waals surface area contributed by atoms with Crippen molar-refractivity contribution in [2.75, 3.05) is 32.8 Å². The topological polar surface area (TPSA) is 79.3 Å². The van der Waals surface area contributed by atoms with Gasteiger partial charge in [-0.2, -0.15) is 0 Å². The van der Waals surface area contributed by atoms with Gasteiger partial charge in [-0.1, -0.05) is 39.8 Å². The second-order valence-electron chi connectivity index (χ2n) is 10.9. The first-order chi connectivity index (χ1) is 18.7. The Balaban J connectivity index is 1.71. The summed E-state index contributed by atoms with van der Waals surface area (Å²) in [5, 5.41) is 11.5. The van der Waals surface area contributed by atoms with Crippen LogP contribution in [0.15, 0.2) is 48.0 Å². The van der Waals surface area contributed by atoms with Gasteiger partial charge in [0.1, 0.15) is 23.4 Å². The third kappa shape index (κ3) is 6.47. The van der Waals surface area contributed by atoms with Gasteiger partial charge in [0.25, 0.3) is 11.7 Å². The standard InChI is InChI=1S/C32H42N2O5/c1-6-33(7-2)15-9-16-34-29(23-10-8-11-26(20-23)38-17-14-21(3)4)28(31(36)32(34)37)30(35)24-12-13-27-25(19-24)18-22(5)39-27/h8,10-13,19-22,29,35H,6-7,9,14-18H2,1-5H3/t22-,29+/m1/s1. The smallest absolute Gasteiger partial charge is 0.295 e. The number of fused-ring (bicyclic) bond motifs is 1. The molecular formula is C32H42N2O5. The lowest BCUT2D eigenvalue weighted by atomic mass is 9.94. The second-order valence-corrected chi connectivity index (χ2v) is 10.9. The van der Waals surface area contributed by atoms with Crippen molar-refractivity contribution in [3.8, 4) is 11.5 Å². The average Bonchev–Trinajstić information content (AvgIpc) is 3.41. The quantitative estimate of drug-likeness (QED) is 0.217. The number of amides is 1. The maximum absolute atomic E-state index is 13.5. The molecule has 1 fully saturated rings. The Kier molecular flexibility index (Phi) is 9.33. The average molecular weight is 535 g/mol. The highest BCUT2D eigenvalue weighted by Gasteiger charge is 2.46. The number of ether oxygens (including phenoxy) is 2. The van der Waals surface area contributed by atoms with E-state index in [-0.39, 0.29) is 17.4 Å². The van der Waals surface area contributed by atoms with Crippen molar-refractivity contribution in [1.29, 1.82) is 0 Å². The van der Waals surface area contributed by atoms with E-state index in [2.05, 4.69) is 32.6 Å². The van der Waals surface area contributed by atoms with Gasteiger partial charge >= 0.3 is 0 Å². The number of hydrogen-bond acceptors (Lipinski definition) is 6. The van der Waals surface area contributed by atoms with Crippen molar-refractivity contribution in [2.45, 2.75) is 66.0 Å². The van der Waals surface area contributed by atoms with Crippen LogP contribution >= 0.6 is 0 Å². The van der Waals surface area contributed by atoms with E-state index in [1.54, 1.807) is 11.0 Å². The first-order valence-corrected chi connectivity index (χ1v) is 14.3. The van der Waals surface area contributed by atoms with Crippen LogP contribution in [-0.4, -0.2) is 65.5 Å². The normalized spacial score (nSPS) is 20.1. The zero-order valence-electron chi connectivity index (χ0n) is 23.9. The van der Waals surface area contributed by atoms with Crippen molar-refractivity contribution >= 4 is 17.4 Å². The minimum absolute atomic E-state index is 0.0622. The van der Waals surface area contributed by atoms with Crippen molar-refractivity contribution in [2.24, 2.45) is 5.92 Å². The van der Waals surface area contributed by atoms with Crippen LogP contribution in [0.1, 0.15) is 70.2 Å². The molecule has 7 nitrogen and oxygen atoms in total. The molecule has 1 saturated heterocycles. The van der Waals surface area contributed by atoms with Gasteiger partial charge in [0.2, 0.25) is 0 Å². The molecule has 2 heterocycles. The minimum atomic E-state index is -0.696. The number of Topliss-reactive ketones (excluding diaryl/α,β-unsaturated/α-hetero) is 1. The van der Waals surface area contributed by atoms with E-state index >= 15 is 0 Å². The van der Waals surface area contributed by atoms with Gasteiger partial charge in [-0.05, 0) is 86.8 Å². The number of aliphatic hydroxyl groups is 1. The summed E-state index contributed by atoms with van der Waals surface area (Å²) in [7, 11) is 0. The molecule has 2 aromatic rings. The molecule has 4 rings (SSSR count). The first-order valence-electron chi connectivity index (χ1n) is 14.3. The number of likely N-dealkylation sites (tertiary alicyclic amines) is 1. The van der Waals surface area contributed by atoms with Crippen molar-refractivity contribution in [1.82, 2.24) is 9.80 Å². The highest BCUT2D eigenvalue weighted by atomic mass is 16.5. The van der Waals surface area contributed by atoms with E-state index in [0.717, 1.165) is 55.8 Å². The Morgan fingerprint density at radius 1 is 1.15 bits per heavy atom. The molecule has 0 spiro atoms. The van der Waals surface area contributed by atoms with E-state index in [0.29, 0.717) is 30.4 Å². The van der Waals surface area contributed by atoms with E-state index in [9.17, 15) is 14.7 Å². The lowest BCUT2D eigenvalue weighted by Crippen LogP contribution is -2.33.